The molecule has 26 heavy (non-hydrogen) atoms. The number of aromatic nitrogens is 1. The molecule has 3 aromatic rings. The first-order chi connectivity index (χ1) is 12.8. The molecule has 0 fully saturated rings. The minimum absolute atomic E-state index is 0.151. The highest BCUT2D eigenvalue weighted by molar-refractivity contribution is 7.19. The Morgan fingerprint density at radius 2 is 1.77 bits per heavy atom. The molecule has 1 aliphatic carbocycles. The lowest BCUT2D eigenvalue weighted by atomic mass is 9.90. The highest BCUT2D eigenvalue weighted by atomic mass is 32.1. The van der Waals surface area contributed by atoms with Gasteiger partial charge in [-0.3, -0.25) is 5.43 Å². The van der Waals surface area contributed by atoms with Crippen molar-refractivity contribution in [2.75, 3.05) is 5.43 Å². The Balaban J connectivity index is 1.51. The second-order valence-electron chi connectivity index (χ2n) is 5.86. The Kier molecular flexibility index (Phi) is 4.70. The number of aryl methyl sites for hydroxylation is 1. The maximum Gasteiger partial charge on any atom is 0.253 e. The number of anilines is 1. The molecule has 0 aliphatic heterocycles. The molecule has 0 spiro atoms. The van der Waals surface area contributed by atoms with Crippen LogP contribution in [0, 0.1) is 0 Å². The number of nitrogens with one attached hydrogen (secondary N) is 1. The molecule has 0 amide bonds. The number of hydrogen-bond acceptors (Lipinski definition) is 7. The molecule has 2 N–H and O–H groups in total. The highest BCUT2D eigenvalue weighted by Crippen LogP contribution is 2.37. The van der Waals surface area contributed by atoms with Crippen molar-refractivity contribution in [2.45, 2.75) is 19.3 Å². The molecule has 1 heterocycles. The smallest absolute Gasteiger partial charge is 0.253 e. The average molecular weight is 363 g/mol. The monoisotopic (exact) mass is 363 g/mol. The number of thiazole rings is 1. The van der Waals surface area contributed by atoms with Crippen LogP contribution in [-0.2, 0) is 6.42 Å². The van der Waals surface area contributed by atoms with Crippen molar-refractivity contribution in [3.63, 3.8) is 0 Å². The Morgan fingerprint density at radius 1 is 0.962 bits per heavy atom. The van der Waals surface area contributed by atoms with Crippen molar-refractivity contribution in [1.82, 2.24) is 4.98 Å². The van der Waals surface area contributed by atoms with Gasteiger partial charge >= 0.3 is 0 Å². The fourth-order valence-corrected chi connectivity index (χ4v) is 3.47. The van der Waals surface area contributed by atoms with Crippen LogP contribution in [0.25, 0.3) is 0 Å². The quantitative estimate of drug-likeness (QED) is 0.480. The second-order valence-corrected chi connectivity index (χ2v) is 6.84. The molecule has 130 valence electrons. The summed E-state index contributed by atoms with van der Waals surface area (Å²) in [6.07, 6.45) is 3.08. The van der Waals surface area contributed by atoms with E-state index in [1.807, 2.05) is 36.4 Å². The first kappa shape index (κ1) is 16.4. The average Bonchev–Trinajstić information content (AvgIpc) is 3.05. The molecule has 1 aliphatic rings. The molecule has 7 heteroatoms. The van der Waals surface area contributed by atoms with Gasteiger partial charge in [-0.2, -0.15) is 10.1 Å². The van der Waals surface area contributed by atoms with Crippen LogP contribution in [0.1, 0.15) is 24.0 Å². The van der Waals surface area contributed by atoms with Crippen LogP contribution in [0.4, 0.5) is 15.8 Å². The van der Waals surface area contributed by atoms with Gasteiger partial charge in [0.05, 0.1) is 11.4 Å². The minimum atomic E-state index is -0.151. The summed E-state index contributed by atoms with van der Waals surface area (Å²) in [5.74, 6) is -0.151. The number of fused-ring (bicyclic) bond motifs is 1. The van der Waals surface area contributed by atoms with Gasteiger partial charge in [-0.05, 0) is 37.0 Å². The van der Waals surface area contributed by atoms with Crippen LogP contribution in [-0.4, -0.2) is 15.8 Å². The van der Waals surface area contributed by atoms with Gasteiger partial charge < -0.3 is 5.11 Å². The second kappa shape index (κ2) is 7.45. The maximum atomic E-state index is 9.96. The fourth-order valence-electron chi connectivity index (χ4n) is 2.85. The van der Waals surface area contributed by atoms with Crippen molar-refractivity contribution in [3.8, 4) is 5.88 Å². The first-order valence-electron chi connectivity index (χ1n) is 8.37. The molecule has 0 bridgehead atoms. The number of benzene rings is 2. The number of hydrogen-bond donors (Lipinski definition) is 2. The van der Waals surface area contributed by atoms with E-state index in [-0.39, 0.29) is 5.88 Å². The molecule has 0 saturated carbocycles. The van der Waals surface area contributed by atoms with Crippen molar-refractivity contribution in [2.24, 2.45) is 15.3 Å². The van der Waals surface area contributed by atoms with E-state index in [2.05, 4.69) is 43.9 Å². The molecular formula is C19H17N5OS. The summed E-state index contributed by atoms with van der Waals surface area (Å²) in [5, 5.41) is 23.5. The topological polar surface area (TPSA) is 82.2 Å². The number of aromatic hydroxyl groups is 1. The van der Waals surface area contributed by atoms with Gasteiger partial charge in [-0.1, -0.05) is 53.8 Å². The van der Waals surface area contributed by atoms with E-state index in [0.29, 0.717) is 15.8 Å². The third kappa shape index (κ3) is 3.62. The van der Waals surface area contributed by atoms with Crippen LogP contribution in [0.2, 0.25) is 0 Å². The molecule has 0 radical (unpaired) electrons. The van der Waals surface area contributed by atoms with E-state index in [0.717, 1.165) is 25.0 Å². The number of nitrogens with zero attached hydrogens (tertiary/aromatic N) is 4. The maximum absolute atomic E-state index is 9.96. The van der Waals surface area contributed by atoms with Gasteiger partial charge in [0.2, 0.25) is 10.1 Å². The van der Waals surface area contributed by atoms with Gasteiger partial charge in [0.15, 0.2) is 0 Å². The summed E-state index contributed by atoms with van der Waals surface area (Å²) in [5.41, 5.74) is 7.17. The summed E-state index contributed by atoms with van der Waals surface area (Å²) < 4.78 is 0. The van der Waals surface area contributed by atoms with Crippen LogP contribution in [0.3, 0.4) is 0 Å². The summed E-state index contributed by atoms with van der Waals surface area (Å²) in [6, 6.07) is 17.7. The molecule has 6 nitrogen and oxygen atoms in total. The molecule has 0 saturated heterocycles. The van der Waals surface area contributed by atoms with E-state index >= 15 is 0 Å². The molecular weight excluding hydrogens is 346 g/mol. The predicted octanol–water partition coefficient (Wildman–Crippen LogP) is 5.42. The molecule has 0 atom stereocenters. The number of hydrazone groups is 1. The van der Waals surface area contributed by atoms with Gasteiger partial charge in [-0.25, -0.2) is 0 Å². The molecule has 1 aromatic heterocycles. The lowest BCUT2D eigenvalue weighted by molar-refractivity contribution is 0.459. The zero-order chi connectivity index (χ0) is 17.8. The van der Waals surface area contributed by atoms with Crippen LogP contribution in [0.5, 0.6) is 5.88 Å². The van der Waals surface area contributed by atoms with Crippen LogP contribution >= 0.6 is 11.3 Å². The zero-order valence-electron chi connectivity index (χ0n) is 14.0. The molecule has 2 aromatic carbocycles. The van der Waals surface area contributed by atoms with Gasteiger partial charge in [-0.15, -0.1) is 10.2 Å². The predicted molar refractivity (Wildman–Crippen MR) is 104 cm³/mol. The Labute approximate surface area is 155 Å². The Bertz CT molecular complexity index is 965. The molecule has 4 rings (SSSR count). The standard InChI is InChI=1S/C19H17N5OS/c25-17-18(23-21-14-9-2-1-3-10-14)26-19(20-17)24-22-16-12-6-8-13-7-4-5-11-15(13)16/h1-5,7,9-11,25H,6,8,12H2,(H,20,24)/b22-16-,23-21?. The van der Waals surface area contributed by atoms with Crippen molar-refractivity contribution >= 4 is 32.9 Å². The van der Waals surface area contributed by atoms with E-state index in [9.17, 15) is 5.11 Å². The fraction of sp³-hybridized carbons (Fsp3) is 0.158. The summed E-state index contributed by atoms with van der Waals surface area (Å²) in [6.45, 7) is 0. The number of azo groups is 1. The van der Waals surface area contributed by atoms with E-state index in [1.165, 1.54) is 22.5 Å². The molecule has 0 unspecified atom stereocenters. The third-order valence-electron chi connectivity index (χ3n) is 4.08. The first-order valence-corrected chi connectivity index (χ1v) is 9.19. The lowest BCUT2D eigenvalue weighted by Crippen LogP contribution is -2.13. The summed E-state index contributed by atoms with van der Waals surface area (Å²) in [4.78, 5) is 4.07. The van der Waals surface area contributed by atoms with E-state index < -0.39 is 0 Å². The Morgan fingerprint density at radius 3 is 2.65 bits per heavy atom. The number of rotatable bonds is 4. The largest absolute Gasteiger partial charge is 0.491 e. The van der Waals surface area contributed by atoms with E-state index in [1.54, 1.807) is 0 Å². The van der Waals surface area contributed by atoms with Crippen molar-refractivity contribution < 1.29 is 5.11 Å². The minimum Gasteiger partial charge on any atom is -0.491 e. The van der Waals surface area contributed by atoms with Crippen LogP contribution in [0.15, 0.2) is 69.9 Å². The van der Waals surface area contributed by atoms with Gasteiger partial charge in [0, 0.05) is 5.56 Å². The van der Waals surface area contributed by atoms with Crippen molar-refractivity contribution in [3.05, 3.63) is 65.7 Å². The highest BCUT2D eigenvalue weighted by Gasteiger charge is 2.15. The van der Waals surface area contributed by atoms with E-state index in [4.69, 9.17) is 0 Å². The zero-order valence-corrected chi connectivity index (χ0v) is 14.8. The third-order valence-corrected chi connectivity index (χ3v) is 4.91. The SMILES string of the molecule is Oc1nc(N/N=C2/CCCc3ccccc32)sc1N=Nc1ccccc1. The summed E-state index contributed by atoms with van der Waals surface area (Å²) >= 11 is 1.21. The van der Waals surface area contributed by atoms with Crippen molar-refractivity contribution in [1.29, 1.82) is 0 Å². The van der Waals surface area contributed by atoms with Crippen LogP contribution < -0.4 is 5.43 Å². The summed E-state index contributed by atoms with van der Waals surface area (Å²) in [7, 11) is 0. The van der Waals surface area contributed by atoms with Gasteiger partial charge in [0.25, 0.3) is 5.88 Å². The Hall–Kier alpha value is -3.06. The lowest BCUT2D eigenvalue weighted by Gasteiger charge is -2.17. The van der Waals surface area contributed by atoms with Gasteiger partial charge in [0.1, 0.15) is 0 Å². The normalized spacial score (nSPS) is 15.3.